The van der Waals surface area contributed by atoms with Crippen molar-refractivity contribution in [3.63, 3.8) is 0 Å². The van der Waals surface area contributed by atoms with Gasteiger partial charge in [-0.15, -0.1) is 0 Å². The maximum atomic E-state index is 13.0. The summed E-state index contributed by atoms with van der Waals surface area (Å²) in [5, 5.41) is 24.5. The third-order valence-electron chi connectivity index (χ3n) is 6.63. The largest absolute Gasteiger partial charge is 0.416 e. The summed E-state index contributed by atoms with van der Waals surface area (Å²) in [6.07, 6.45) is -5.44. The smallest absolute Gasteiger partial charge is 0.379 e. The number of hydrogen-bond donors (Lipinski definition) is 4. The predicted octanol–water partition coefficient (Wildman–Crippen LogP) is 4.41. The fourth-order valence-electron chi connectivity index (χ4n) is 4.52. The van der Waals surface area contributed by atoms with Crippen molar-refractivity contribution < 1.29 is 27.8 Å². The molecule has 1 amide bonds. The van der Waals surface area contributed by atoms with Gasteiger partial charge in [0.25, 0.3) is 5.91 Å². The van der Waals surface area contributed by atoms with Gasteiger partial charge in [0, 0.05) is 42.8 Å². The van der Waals surface area contributed by atoms with Crippen molar-refractivity contribution in [3.05, 3.63) is 83.6 Å². The Bertz CT molecular complexity index is 1450. The van der Waals surface area contributed by atoms with Crippen LogP contribution in [-0.4, -0.2) is 65.5 Å². The van der Waals surface area contributed by atoms with Gasteiger partial charge in [-0.2, -0.15) is 18.3 Å². The Morgan fingerprint density at radius 1 is 1.05 bits per heavy atom. The maximum absolute atomic E-state index is 13.0. The summed E-state index contributed by atoms with van der Waals surface area (Å²) >= 11 is 0. The minimum absolute atomic E-state index is 0.0854. The van der Waals surface area contributed by atoms with E-state index in [9.17, 15) is 23.1 Å². The fourth-order valence-corrected chi connectivity index (χ4v) is 4.52. The molecule has 0 spiro atoms. The number of rotatable bonds is 8. The standard InChI is InChI=1S/C28H28F3N5O3/c29-28(30,31)21-5-1-4-20(15-21)26(37)33-22-6-2-3-18(16-22)19-7-8-23-24(17-19)34-35-25(23)27(38)32-9-10-36-11-13-39-14-12-36/h1-8,15-17,27,32,38H,9-14H2,(H,33,37)(H,34,35). The van der Waals surface area contributed by atoms with Crippen LogP contribution in [0.2, 0.25) is 0 Å². The number of fused-ring (bicyclic) bond motifs is 1. The second kappa shape index (κ2) is 11.5. The summed E-state index contributed by atoms with van der Waals surface area (Å²) in [4.78, 5) is 14.9. The second-order valence-corrected chi connectivity index (χ2v) is 9.29. The van der Waals surface area contributed by atoms with E-state index in [2.05, 4.69) is 25.7 Å². The zero-order chi connectivity index (χ0) is 27.4. The number of nitrogens with zero attached hydrogens (tertiary/aromatic N) is 2. The molecule has 1 aliphatic rings. The number of aliphatic hydroxyl groups is 1. The van der Waals surface area contributed by atoms with Crippen LogP contribution in [0.1, 0.15) is 27.8 Å². The van der Waals surface area contributed by atoms with Gasteiger partial charge in [0.1, 0.15) is 6.23 Å². The first-order valence-electron chi connectivity index (χ1n) is 12.6. The molecular weight excluding hydrogens is 511 g/mol. The molecule has 2 heterocycles. The molecule has 1 saturated heterocycles. The lowest BCUT2D eigenvalue weighted by atomic mass is 10.0. The summed E-state index contributed by atoms with van der Waals surface area (Å²) in [6, 6.07) is 16.9. The van der Waals surface area contributed by atoms with Gasteiger partial charge in [-0.25, -0.2) is 0 Å². The summed E-state index contributed by atoms with van der Waals surface area (Å²) in [5.41, 5.74) is 2.32. The highest BCUT2D eigenvalue weighted by atomic mass is 19.4. The molecule has 0 radical (unpaired) electrons. The number of carbonyl (C=O) groups excluding carboxylic acids is 1. The van der Waals surface area contributed by atoms with Crippen molar-refractivity contribution in [3.8, 4) is 11.1 Å². The Morgan fingerprint density at radius 3 is 2.62 bits per heavy atom. The number of anilines is 1. The molecule has 0 aliphatic carbocycles. The predicted molar refractivity (Wildman–Crippen MR) is 141 cm³/mol. The molecule has 4 N–H and O–H groups in total. The van der Waals surface area contributed by atoms with E-state index in [4.69, 9.17) is 4.74 Å². The molecule has 39 heavy (non-hydrogen) atoms. The van der Waals surface area contributed by atoms with Gasteiger partial charge in [0.05, 0.1) is 30.0 Å². The molecule has 204 valence electrons. The molecule has 1 unspecified atom stereocenters. The lowest BCUT2D eigenvalue weighted by Crippen LogP contribution is -2.40. The monoisotopic (exact) mass is 539 g/mol. The molecule has 1 atom stereocenters. The van der Waals surface area contributed by atoms with Crippen LogP contribution in [0.5, 0.6) is 0 Å². The minimum Gasteiger partial charge on any atom is -0.379 e. The highest BCUT2D eigenvalue weighted by molar-refractivity contribution is 6.04. The molecule has 4 aromatic rings. The SMILES string of the molecule is O=C(Nc1cccc(-c2ccc3c(C(O)NCCN4CCOCC4)[nH]nc3c2)c1)c1cccc(C(F)(F)F)c1. The number of ether oxygens (including phenoxy) is 1. The maximum Gasteiger partial charge on any atom is 0.416 e. The molecule has 3 aromatic carbocycles. The molecule has 11 heteroatoms. The average Bonchev–Trinajstić information content (AvgIpc) is 3.37. The first-order chi connectivity index (χ1) is 18.8. The number of amides is 1. The van der Waals surface area contributed by atoms with Crippen LogP contribution in [0, 0.1) is 0 Å². The van der Waals surface area contributed by atoms with E-state index < -0.39 is 23.9 Å². The lowest BCUT2D eigenvalue weighted by molar-refractivity contribution is -0.137. The Labute approximate surface area is 222 Å². The van der Waals surface area contributed by atoms with Gasteiger partial charge < -0.3 is 15.2 Å². The highest BCUT2D eigenvalue weighted by Crippen LogP contribution is 2.31. The number of benzene rings is 3. The molecule has 1 fully saturated rings. The third kappa shape index (κ3) is 6.45. The molecule has 8 nitrogen and oxygen atoms in total. The number of carbonyl (C=O) groups is 1. The van der Waals surface area contributed by atoms with Crippen LogP contribution in [0.4, 0.5) is 18.9 Å². The summed E-state index contributed by atoms with van der Waals surface area (Å²) in [5.74, 6) is -0.638. The molecule has 0 saturated carbocycles. The molecule has 1 aliphatic heterocycles. The van der Waals surface area contributed by atoms with E-state index in [1.165, 1.54) is 12.1 Å². The van der Waals surface area contributed by atoms with E-state index in [1.54, 1.807) is 18.2 Å². The summed E-state index contributed by atoms with van der Waals surface area (Å²) in [6.45, 7) is 4.62. The number of nitrogens with one attached hydrogen (secondary N) is 3. The van der Waals surface area contributed by atoms with Crippen molar-refractivity contribution in [1.82, 2.24) is 20.4 Å². The zero-order valence-corrected chi connectivity index (χ0v) is 21.0. The van der Waals surface area contributed by atoms with Crippen molar-refractivity contribution in [2.75, 3.05) is 44.7 Å². The van der Waals surface area contributed by atoms with Gasteiger partial charge in [-0.3, -0.25) is 20.1 Å². The van der Waals surface area contributed by atoms with Gasteiger partial charge in [0.2, 0.25) is 0 Å². The summed E-state index contributed by atoms with van der Waals surface area (Å²) < 4.78 is 44.4. The zero-order valence-electron chi connectivity index (χ0n) is 21.0. The van der Waals surface area contributed by atoms with E-state index in [-0.39, 0.29) is 5.56 Å². The van der Waals surface area contributed by atoms with E-state index in [0.29, 0.717) is 23.4 Å². The molecule has 1 aromatic heterocycles. The minimum atomic E-state index is -4.53. The Balaban J connectivity index is 1.26. The fraction of sp³-hybridized carbons (Fsp3) is 0.286. The number of morpholine rings is 1. The van der Waals surface area contributed by atoms with E-state index in [0.717, 1.165) is 61.5 Å². The normalized spacial score (nSPS) is 15.4. The van der Waals surface area contributed by atoms with Crippen LogP contribution in [-0.2, 0) is 10.9 Å². The third-order valence-corrected chi connectivity index (χ3v) is 6.63. The molecule has 5 rings (SSSR count). The Morgan fingerprint density at radius 2 is 1.82 bits per heavy atom. The highest BCUT2D eigenvalue weighted by Gasteiger charge is 2.31. The topological polar surface area (TPSA) is 103 Å². The van der Waals surface area contributed by atoms with Crippen molar-refractivity contribution in [2.24, 2.45) is 0 Å². The number of hydrogen-bond acceptors (Lipinski definition) is 6. The van der Waals surface area contributed by atoms with Gasteiger partial charge in [-0.05, 0) is 47.5 Å². The molecular formula is C28H28F3N5O3. The number of aromatic amines is 1. The van der Waals surface area contributed by atoms with Crippen molar-refractivity contribution in [2.45, 2.75) is 12.4 Å². The quantitative estimate of drug-likeness (QED) is 0.248. The number of halogens is 3. The van der Waals surface area contributed by atoms with Crippen LogP contribution >= 0.6 is 0 Å². The lowest BCUT2D eigenvalue weighted by Gasteiger charge is -2.27. The summed E-state index contributed by atoms with van der Waals surface area (Å²) in [7, 11) is 0. The van der Waals surface area contributed by atoms with Crippen LogP contribution in [0.15, 0.2) is 66.7 Å². The van der Waals surface area contributed by atoms with Crippen LogP contribution in [0.3, 0.4) is 0 Å². The van der Waals surface area contributed by atoms with Gasteiger partial charge >= 0.3 is 6.18 Å². The van der Waals surface area contributed by atoms with Gasteiger partial charge in [-0.1, -0.05) is 30.3 Å². The van der Waals surface area contributed by atoms with Crippen LogP contribution in [0.25, 0.3) is 22.0 Å². The molecule has 0 bridgehead atoms. The number of H-pyrrole nitrogens is 1. The van der Waals surface area contributed by atoms with Crippen LogP contribution < -0.4 is 10.6 Å². The Hall–Kier alpha value is -3.77. The van der Waals surface area contributed by atoms with Crippen molar-refractivity contribution >= 4 is 22.5 Å². The second-order valence-electron chi connectivity index (χ2n) is 9.29. The number of alkyl halides is 3. The van der Waals surface area contributed by atoms with E-state index >= 15 is 0 Å². The van der Waals surface area contributed by atoms with Crippen molar-refractivity contribution in [1.29, 1.82) is 0 Å². The number of aromatic nitrogens is 2. The number of aliphatic hydroxyl groups excluding tert-OH is 1. The first kappa shape index (κ1) is 26.8. The average molecular weight is 540 g/mol. The van der Waals surface area contributed by atoms with E-state index in [1.807, 2.05) is 24.3 Å². The Kier molecular flexibility index (Phi) is 7.94. The first-order valence-corrected chi connectivity index (χ1v) is 12.6. The van der Waals surface area contributed by atoms with Gasteiger partial charge in [0.15, 0.2) is 0 Å².